The Morgan fingerprint density at radius 3 is 2.53 bits per heavy atom. The molecule has 0 unspecified atom stereocenters. The van der Waals surface area contributed by atoms with Crippen molar-refractivity contribution >= 4 is 11.7 Å². The van der Waals surface area contributed by atoms with E-state index in [2.05, 4.69) is 10.5 Å². The van der Waals surface area contributed by atoms with Gasteiger partial charge < -0.3 is 14.4 Å². The van der Waals surface area contributed by atoms with Gasteiger partial charge in [0.2, 0.25) is 5.91 Å². The maximum absolute atomic E-state index is 11.8. The summed E-state index contributed by atoms with van der Waals surface area (Å²) in [4.78, 5) is 11.8. The van der Waals surface area contributed by atoms with Gasteiger partial charge in [-0.05, 0) is 32.9 Å². The molecular formula is C12H15N3O2. The van der Waals surface area contributed by atoms with Crippen molar-refractivity contribution in [3.8, 4) is 0 Å². The molecule has 17 heavy (non-hydrogen) atoms. The van der Waals surface area contributed by atoms with Crippen LogP contribution < -0.4 is 5.32 Å². The molecule has 90 valence electrons. The summed E-state index contributed by atoms with van der Waals surface area (Å²) in [6.07, 6.45) is 0. The zero-order chi connectivity index (χ0) is 12.4. The van der Waals surface area contributed by atoms with Gasteiger partial charge in [-0.3, -0.25) is 4.79 Å². The van der Waals surface area contributed by atoms with Gasteiger partial charge in [-0.25, -0.2) is 0 Å². The second kappa shape index (κ2) is 4.45. The average molecular weight is 233 g/mol. The number of carbonyl (C=O) groups excluding carboxylic acids is 1. The number of carbonyl (C=O) groups is 1. The van der Waals surface area contributed by atoms with Crippen molar-refractivity contribution in [1.82, 2.24) is 9.72 Å². The average Bonchev–Trinajstić information content (AvgIpc) is 2.79. The molecule has 5 heteroatoms. The monoisotopic (exact) mass is 233 g/mol. The van der Waals surface area contributed by atoms with Crippen LogP contribution in [-0.4, -0.2) is 15.6 Å². The van der Waals surface area contributed by atoms with Crippen molar-refractivity contribution in [1.29, 1.82) is 0 Å². The van der Waals surface area contributed by atoms with Crippen LogP contribution in [0.15, 0.2) is 22.7 Å². The summed E-state index contributed by atoms with van der Waals surface area (Å²) in [6.45, 7) is 6.01. The van der Waals surface area contributed by atoms with Gasteiger partial charge in [0.05, 0.1) is 0 Å². The number of hydrogen-bond acceptors (Lipinski definition) is 3. The molecule has 2 aromatic rings. The van der Waals surface area contributed by atoms with E-state index in [1.54, 1.807) is 13.0 Å². The predicted molar refractivity (Wildman–Crippen MR) is 63.8 cm³/mol. The first-order valence-electron chi connectivity index (χ1n) is 5.42. The van der Waals surface area contributed by atoms with Gasteiger partial charge in [-0.2, -0.15) is 0 Å². The Morgan fingerprint density at radius 2 is 2.00 bits per heavy atom. The number of rotatable bonds is 3. The Morgan fingerprint density at radius 1 is 1.35 bits per heavy atom. The van der Waals surface area contributed by atoms with Gasteiger partial charge in [0, 0.05) is 17.5 Å². The molecule has 2 rings (SSSR count). The van der Waals surface area contributed by atoms with E-state index in [1.165, 1.54) is 0 Å². The summed E-state index contributed by atoms with van der Waals surface area (Å²) < 4.78 is 6.82. The molecule has 2 heterocycles. The van der Waals surface area contributed by atoms with Crippen LogP contribution in [0.5, 0.6) is 0 Å². The molecule has 2 aromatic heterocycles. The molecule has 0 aliphatic carbocycles. The molecule has 0 spiro atoms. The smallest absolute Gasteiger partial charge is 0.245 e. The van der Waals surface area contributed by atoms with Crippen LogP contribution in [0.3, 0.4) is 0 Å². The van der Waals surface area contributed by atoms with Crippen molar-refractivity contribution in [2.24, 2.45) is 0 Å². The largest absolute Gasteiger partial charge is 0.360 e. The molecule has 0 bridgehead atoms. The lowest BCUT2D eigenvalue weighted by molar-refractivity contribution is -0.116. The van der Waals surface area contributed by atoms with Crippen molar-refractivity contribution in [2.75, 3.05) is 5.32 Å². The molecular weight excluding hydrogens is 218 g/mol. The number of amides is 1. The molecule has 5 nitrogen and oxygen atoms in total. The third kappa shape index (κ3) is 2.55. The van der Waals surface area contributed by atoms with Crippen LogP contribution >= 0.6 is 0 Å². The highest BCUT2D eigenvalue weighted by Gasteiger charge is 2.09. The lowest BCUT2D eigenvalue weighted by Crippen LogP contribution is -2.20. The summed E-state index contributed by atoms with van der Waals surface area (Å²) >= 11 is 0. The highest BCUT2D eigenvalue weighted by Crippen LogP contribution is 2.09. The third-order valence-electron chi connectivity index (χ3n) is 2.61. The zero-order valence-corrected chi connectivity index (χ0v) is 10.2. The van der Waals surface area contributed by atoms with Crippen LogP contribution in [0.25, 0.3) is 0 Å². The van der Waals surface area contributed by atoms with Gasteiger partial charge in [0.15, 0.2) is 5.82 Å². The van der Waals surface area contributed by atoms with Gasteiger partial charge in [-0.15, -0.1) is 0 Å². The first-order valence-corrected chi connectivity index (χ1v) is 5.42. The lowest BCUT2D eigenvalue weighted by Gasteiger charge is -2.08. The van der Waals surface area contributed by atoms with Crippen molar-refractivity contribution in [2.45, 2.75) is 27.3 Å². The number of nitrogens with one attached hydrogen (secondary N) is 1. The Balaban J connectivity index is 2.03. The van der Waals surface area contributed by atoms with E-state index in [9.17, 15) is 4.79 Å². The van der Waals surface area contributed by atoms with E-state index in [4.69, 9.17) is 4.52 Å². The fourth-order valence-electron chi connectivity index (χ4n) is 1.70. The van der Waals surface area contributed by atoms with E-state index < -0.39 is 0 Å². The van der Waals surface area contributed by atoms with Crippen LogP contribution in [-0.2, 0) is 11.3 Å². The number of anilines is 1. The van der Waals surface area contributed by atoms with Crippen LogP contribution in [0, 0.1) is 20.8 Å². The number of hydrogen-bond donors (Lipinski definition) is 1. The second-order valence-corrected chi connectivity index (χ2v) is 4.07. The molecule has 0 fully saturated rings. The van der Waals surface area contributed by atoms with E-state index in [0.717, 1.165) is 11.4 Å². The first-order chi connectivity index (χ1) is 8.06. The number of nitrogens with zero attached hydrogens (tertiary/aromatic N) is 2. The third-order valence-corrected chi connectivity index (χ3v) is 2.61. The lowest BCUT2D eigenvalue weighted by atomic mass is 10.4. The van der Waals surface area contributed by atoms with E-state index in [-0.39, 0.29) is 12.5 Å². The second-order valence-electron chi connectivity index (χ2n) is 4.07. The minimum atomic E-state index is -0.110. The predicted octanol–water partition coefficient (Wildman–Crippen LogP) is 2.04. The Bertz CT molecular complexity index is 520. The fourth-order valence-corrected chi connectivity index (χ4v) is 1.70. The minimum absolute atomic E-state index is 0.110. The van der Waals surface area contributed by atoms with Gasteiger partial charge in [0.1, 0.15) is 12.3 Å². The van der Waals surface area contributed by atoms with Crippen LogP contribution in [0.4, 0.5) is 5.82 Å². The highest BCUT2D eigenvalue weighted by atomic mass is 16.5. The van der Waals surface area contributed by atoms with Gasteiger partial charge in [0.25, 0.3) is 0 Å². The van der Waals surface area contributed by atoms with E-state index in [0.29, 0.717) is 11.6 Å². The molecule has 0 aliphatic rings. The number of aryl methyl sites for hydroxylation is 3. The topological polar surface area (TPSA) is 60.1 Å². The first kappa shape index (κ1) is 11.4. The summed E-state index contributed by atoms with van der Waals surface area (Å²) in [5.41, 5.74) is 2.13. The Kier molecular flexibility index (Phi) is 2.99. The van der Waals surface area contributed by atoms with Crippen molar-refractivity contribution in [3.63, 3.8) is 0 Å². The molecule has 1 amide bonds. The SMILES string of the molecule is Cc1cc(NC(=O)Cn2c(C)ccc2C)no1. The number of aromatic nitrogens is 2. The van der Waals surface area contributed by atoms with Crippen LogP contribution in [0.1, 0.15) is 17.1 Å². The zero-order valence-electron chi connectivity index (χ0n) is 10.2. The van der Waals surface area contributed by atoms with Crippen molar-refractivity contribution < 1.29 is 9.32 Å². The van der Waals surface area contributed by atoms with Crippen LogP contribution in [0.2, 0.25) is 0 Å². The summed E-state index contributed by atoms with van der Waals surface area (Å²) in [5.74, 6) is 1.02. The molecule has 0 radical (unpaired) electrons. The minimum Gasteiger partial charge on any atom is -0.360 e. The molecule has 0 aromatic carbocycles. The summed E-state index contributed by atoms with van der Waals surface area (Å²) in [7, 11) is 0. The Labute approximate surface area is 99.4 Å². The maximum Gasteiger partial charge on any atom is 0.245 e. The molecule has 1 N–H and O–H groups in total. The van der Waals surface area contributed by atoms with Gasteiger partial charge in [-0.1, -0.05) is 5.16 Å². The quantitative estimate of drug-likeness (QED) is 0.882. The molecule has 0 atom stereocenters. The summed E-state index contributed by atoms with van der Waals surface area (Å²) in [6, 6.07) is 5.67. The highest BCUT2D eigenvalue weighted by molar-refractivity contribution is 5.89. The fraction of sp³-hybridized carbons (Fsp3) is 0.333. The summed E-state index contributed by atoms with van der Waals surface area (Å²) in [5, 5.41) is 6.40. The normalized spacial score (nSPS) is 10.5. The molecule has 0 aliphatic heterocycles. The van der Waals surface area contributed by atoms with E-state index in [1.807, 2.05) is 30.5 Å². The Hall–Kier alpha value is -2.04. The van der Waals surface area contributed by atoms with Crippen molar-refractivity contribution in [3.05, 3.63) is 35.3 Å². The standard InChI is InChI=1S/C12H15N3O2/c1-8-4-5-9(2)15(8)7-12(16)13-11-6-10(3)17-14-11/h4-6H,7H2,1-3H3,(H,13,14,16). The molecule has 0 saturated carbocycles. The van der Waals surface area contributed by atoms with E-state index >= 15 is 0 Å². The maximum atomic E-state index is 11.8. The molecule has 0 saturated heterocycles. The van der Waals surface area contributed by atoms with Gasteiger partial charge >= 0.3 is 0 Å².